The normalized spacial score (nSPS) is 20.2. The Balaban J connectivity index is 1.50. The maximum atomic E-state index is 13.1. The first-order valence-electron chi connectivity index (χ1n) is 9.64. The fourth-order valence-corrected chi connectivity index (χ4v) is 4.20. The summed E-state index contributed by atoms with van der Waals surface area (Å²) < 4.78 is 24.2. The number of aromatic nitrogens is 1. The lowest BCUT2D eigenvalue weighted by molar-refractivity contribution is -0.181. The molecule has 0 N–H and O–H groups in total. The molecule has 0 bridgehead atoms. The molecule has 3 aliphatic heterocycles. The van der Waals surface area contributed by atoms with Gasteiger partial charge in [-0.1, -0.05) is 0 Å². The molecule has 0 aliphatic carbocycles. The van der Waals surface area contributed by atoms with E-state index in [4.69, 9.17) is 18.9 Å². The van der Waals surface area contributed by atoms with Gasteiger partial charge in [0.1, 0.15) is 5.56 Å². The van der Waals surface area contributed by atoms with Crippen molar-refractivity contribution in [3.8, 4) is 11.5 Å². The lowest BCUT2D eigenvalue weighted by Gasteiger charge is -2.37. The molecule has 2 fully saturated rings. The molecular formula is C20H22N2O6. The molecule has 8 nitrogen and oxygen atoms in total. The van der Waals surface area contributed by atoms with Gasteiger partial charge in [-0.2, -0.15) is 0 Å². The number of benzene rings is 1. The van der Waals surface area contributed by atoms with Gasteiger partial charge in [-0.05, 0) is 13.0 Å². The Labute approximate surface area is 161 Å². The van der Waals surface area contributed by atoms with Gasteiger partial charge >= 0.3 is 0 Å². The molecule has 2 saturated heterocycles. The Hall–Kier alpha value is -2.58. The van der Waals surface area contributed by atoms with Crippen molar-refractivity contribution in [1.82, 2.24) is 9.47 Å². The summed E-state index contributed by atoms with van der Waals surface area (Å²) in [6.45, 7) is 4.93. The Bertz CT molecular complexity index is 998. The van der Waals surface area contributed by atoms with Crippen molar-refractivity contribution < 1.29 is 23.7 Å². The fourth-order valence-electron chi connectivity index (χ4n) is 4.20. The van der Waals surface area contributed by atoms with Crippen LogP contribution in [0.1, 0.15) is 30.1 Å². The molecule has 0 saturated carbocycles. The molecule has 3 aliphatic rings. The SMILES string of the molecule is CCn1cc(C(=O)N2CCC3(CC2)OCCO3)c(=O)c2cc3c(cc21)OCO3. The summed E-state index contributed by atoms with van der Waals surface area (Å²) in [5, 5.41) is 0.466. The molecule has 2 aromatic rings. The minimum absolute atomic E-state index is 0.136. The average molecular weight is 386 g/mol. The van der Waals surface area contributed by atoms with Gasteiger partial charge in [0.15, 0.2) is 17.3 Å². The quantitative estimate of drug-likeness (QED) is 0.782. The Kier molecular flexibility index (Phi) is 4.06. The van der Waals surface area contributed by atoms with Gasteiger partial charge in [-0.25, -0.2) is 0 Å². The van der Waals surface area contributed by atoms with Crippen LogP contribution in [-0.2, 0) is 16.0 Å². The number of fused-ring (bicyclic) bond motifs is 2. The van der Waals surface area contributed by atoms with E-state index < -0.39 is 5.79 Å². The summed E-state index contributed by atoms with van der Waals surface area (Å²) in [5.41, 5.74) is 0.632. The molecule has 0 unspecified atom stereocenters. The van der Waals surface area contributed by atoms with E-state index in [0.29, 0.717) is 62.6 Å². The van der Waals surface area contributed by atoms with E-state index in [1.807, 2.05) is 11.5 Å². The number of hydrogen-bond acceptors (Lipinski definition) is 6. The maximum absolute atomic E-state index is 13.1. The maximum Gasteiger partial charge on any atom is 0.259 e. The molecule has 8 heteroatoms. The number of carbonyl (C=O) groups is 1. The summed E-state index contributed by atoms with van der Waals surface area (Å²) in [5.74, 6) is 0.347. The molecule has 1 amide bonds. The molecule has 5 rings (SSSR count). The van der Waals surface area contributed by atoms with Gasteiger partial charge in [-0.15, -0.1) is 0 Å². The number of aryl methyl sites for hydroxylation is 1. The molecule has 0 radical (unpaired) electrons. The Morgan fingerprint density at radius 2 is 1.79 bits per heavy atom. The van der Waals surface area contributed by atoms with Crippen molar-refractivity contribution >= 4 is 16.8 Å². The second-order valence-electron chi connectivity index (χ2n) is 7.28. The van der Waals surface area contributed by atoms with Gasteiger partial charge in [0.2, 0.25) is 12.2 Å². The monoisotopic (exact) mass is 386 g/mol. The summed E-state index contributed by atoms with van der Waals surface area (Å²) in [6, 6.07) is 3.48. The predicted octanol–water partition coefficient (Wildman–Crippen LogP) is 1.73. The molecule has 28 heavy (non-hydrogen) atoms. The lowest BCUT2D eigenvalue weighted by atomic mass is 10.0. The van der Waals surface area contributed by atoms with Crippen molar-refractivity contribution in [1.29, 1.82) is 0 Å². The molecule has 0 atom stereocenters. The van der Waals surface area contributed by atoms with Crippen LogP contribution in [-0.4, -0.2) is 54.3 Å². The molecule has 1 aromatic carbocycles. The van der Waals surface area contributed by atoms with Crippen LogP contribution in [0, 0.1) is 0 Å². The standard InChI is InChI=1S/C20H22N2O6/c1-2-21-11-14(18(23)13-9-16-17(10-15(13)21)26-12-25-16)19(24)22-5-3-20(4-6-22)27-7-8-28-20/h9-11H,2-8,12H2,1H3. The largest absolute Gasteiger partial charge is 0.454 e. The first-order valence-corrected chi connectivity index (χ1v) is 9.64. The minimum Gasteiger partial charge on any atom is -0.454 e. The Morgan fingerprint density at radius 3 is 2.46 bits per heavy atom. The van der Waals surface area contributed by atoms with E-state index in [-0.39, 0.29) is 23.7 Å². The molecule has 1 aromatic heterocycles. The van der Waals surface area contributed by atoms with Gasteiger partial charge in [-0.3, -0.25) is 9.59 Å². The summed E-state index contributed by atoms with van der Waals surface area (Å²) >= 11 is 0. The number of ether oxygens (including phenoxy) is 4. The number of rotatable bonds is 2. The number of hydrogen-bond donors (Lipinski definition) is 0. The highest BCUT2D eigenvalue weighted by Crippen LogP contribution is 2.35. The third-order valence-corrected chi connectivity index (χ3v) is 5.77. The van der Waals surface area contributed by atoms with Crippen molar-refractivity contribution in [2.45, 2.75) is 32.1 Å². The second-order valence-corrected chi connectivity index (χ2v) is 7.28. The van der Waals surface area contributed by atoms with Crippen LogP contribution in [0.2, 0.25) is 0 Å². The number of pyridine rings is 1. The van der Waals surface area contributed by atoms with Crippen LogP contribution in [0.3, 0.4) is 0 Å². The highest BCUT2D eigenvalue weighted by molar-refractivity contribution is 5.98. The fraction of sp³-hybridized carbons (Fsp3) is 0.500. The van der Waals surface area contributed by atoms with Crippen molar-refractivity contribution in [2.24, 2.45) is 0 Å². The van der Waals surface area contributed by atoms with Crippen molar-refractivity contribution in [3.05, 3.63) is 34.1 Å². The van der Waals surface area contributed by atoms with Crippen molar-refractivity contribution in [2.75, 3.05) is 33.1 Å². The predicted molar refractivity (Wildman–Crippen MR) is 99.8 cm³/mol. The van der Waals surface area contributed by atoms with Crippen LogP contribution in [0.15, 0.2) is 23.1 Å². The van der Waals surface area contributed by atoms with Gasteiger partial charge in [0.05, 0.1) is 24.1 Å². The van der Waals surface area contributed by atoms with E-state index >= 15 is 0 Å². The number of carbonyl (C=O) groups excluding carboxylic acids is 1. The number of likely N-dealkylation sites (tertiary alicyclic amines) is 1. The zero-order valence-electron chi connectivity index (χ0n) is 15.7. The molecular weight excluding hydrogens is 364 g/mol. The van der Waals surface area contributed by atoms with Crippen LogP contribution >= 0.6 is 0 Å². The smallest absolute Gasteiger partial charge is 0.259 e. The van der Waals surface area contributed by atoms with Crippen LogP contribution in [0.5, 0.6) is 11.5 Å². The first kappa shape index (κ1) is 17.5. The highest BCUT2D eigenvalue weighted by Gasteiger charge is 2.41. The van der Waals surface area contributed by atoms with E-state index in [2.05, 4.69) is 0 Å². The number of nitrogens with zero attached hydrogens (tertiary/aromatic N) is 2. The van der Waals surface area contributed by atoms with E-state index in [0.717, 1.165) is 5.52 Å². The average Bonchev–Trinajstić information content (AvgIpc) is 3.36. The summed E-state index contributed by atoms with van der Waals surface area (Å²) in [4.78, 5) is 28.0. The zero-order chi connectivity index (χ0) is 19.3. The molecule has 148 valence electrons. The Morgan fingerprint density at radius 1 is 1.11 bits per heavy atom. The van der Waals surface area contributed by atoms with Gasteiger partial charge in [0, 0.05) is 44.7 Å². The number of amides is 1. The summed E-state index contributed by atoms with van der Waals surface area (Å²) in [7, 11) is 0. The first-order chi connectivity index (χ1) is 13.6. The third kappa shape index (κ3) is 2.67. The van der Waals surface area contributed by atoms with Gasteiger partial charge < -0.3 is 28.4 Å². The van der Waals surface area contributed by atoms with Crippen LogP contribution < -0.4 is 14.9 Å². The zero-order valence-corrected chi connectivity index (χ0v) is 15.7. The minimum atomic E-state index is -0.554. The van der Waals surface area contributed by atoms with E-state index in [1.54, 1.807) is 23.2 Å². The van der Waals surface area contributed by atoms with Crippen molar-refractivity contribution in [3.63, 3.8) is 0 Å². The molecule has 1 spiro atoms. The van der Waals surface area contributed by atoms with E-state index in [9.17, 15) is 9.59 Å². The highest BCUT2D eigenvalue weighted by atomic mass is 16.7. The van der Waals surface area contributed by atoms with Gasteiger partial charge in [0.25, 0.3) is 5.91 Å². The third-order valence-electron chi connectivity index (χ3n) is 5.77. The van der Waals surface area contributed by atoms with Crippen LogP contribution in [0.25, 0.3) is 10.9 Å². The molecule has 4 heterocycles. The topological polar surface area (TPSA) is 79.2 Å². The summed E-state index contributed by atoms with van der Waals surface area (Å²) in [6.07, 6.45) is 2.89. The van der Waals surface area contributed by atoms with E-state index in [1.165, 1.54) is 0 Å². The lowest BCUT2D eigenvalue weighted by Crippen LogP contribution is -2.48. The van der Waals surface area contributed by atoms with Crippen LogP contribution in [0.4, 0.5) is 0 Å². The number of piperidine rings is 1. The second kappa shape index (κ2) is 6.49.